The Bertz CT molecular complexity index is 1790. The van der Waals surface area contributed by atoms with Crippen LogP contribution in [0.15, 0.2) is 40.6 Å². The van der Waals surface area contributed by atoms with Crippen LogP contribution in [0.4, 0.5) is 17.1 Å². The maximum absolute atomic E-state index is 12.4. The molecule has 0 aliphatic carbocycles. The number of hydrogen-bond acceptors (Lipinski definition) is 12. The Morgan fingerprint density at radius 2 is 1.61 bits per heavy atom. The quantitative estimate of drug-likeness (QED) is 0.169. The van der Waals surface area contributed by atoms with Crippen molar-refractivity contribution in [3.05, 3.63) is 46.1 Å². The summed E-state index contributed by atoms with van der Waals surface area (Å²) in [4.78, 5) is 49.7. The highest BCUT2D eigenvalue weighted by Gasteiger charge is 2.22. The standard InChI is InChI=1S/C14H18N4O2S.C13H14N4O2S/c1-17(2)8-16-11-10-9(18(3)4)6-7-15-13(10)21-12(11)14(19)20-5;1-16(2)8-3-4-14-12-9(8)10-11(20-12)13(19)17(5-6-18)7-15-10/h6-8H,1-5H3;3-4,7,18H,5-6H2,1-2H3. The number of ether oxygens (including phenoxy) is 1. The van der Waals surface area contributed by atoms with Crippen LogP contribution >= 0.6 is 22.7 Å². The molecule has 0 spiro atoms. The maximum Gasteiger partial charge on any atom is 0.350 e. The number of anilines is 2. The number of aliphatic hydroxyl groups excluding tert-OH is 1. The summed E-state index contributed by atoms with van der Waals surface area (Å²) in [7, 11) is 12.9. The summed E-state index contributed by atoms with van der Waals surface area (Å²) >= 11 is 2.64. The van der Waals surface area contributed by atoms with Gasteiger partial charge in [-0.3, -0.25) is 9.36 Å². The van der Waals surface area contributed by atoms with E-state index in [9.17, 15) is 9.59 Å². The molecule has 0 saturated carbocycles. The van der Waals surface area contributed by atoms with Gasteiger partial charge in [0.15, 0.2) is 0 Å². The van der Waals surface area contributed by atoms with Crippen molar-refractivity contribution in [1.29, 1.82) is 0 Å². The third kappa shape index (κ3) is 5.99. The molecule has 0 atom stereocenters. The van der Waals surface area contributed by atoms with Gasteiger partial charge in [-0.1, -0.05) is 0 Å². The fraction of sp³-hybridized carbons (Fsp3) is 0.333. The molecule has 0 fully saturated rings. The van der Waals surface area contributed by atoms with Crippen LogP contribution in [0.2, 0.25) is 0 Å². The van der Waals surface area contributed by atoms with Crippen LogP contribution in [-0.2, 0) is 11.3 Å². The van der Waals surface area contributed by atoms with E-state index in [4.69, 9.17) is 9.84 Å². The van der Waals surface area contributed by atoms with Gasteiger partial charge in [0.25, 0.3) is 5.56 Å². The van der Waals surface area contributed by atoms with Crippen LogP contribution in [0, 0.1) is 0 Å². The van der Waals surface area contributed by atoms with Crippen molar-refractivity contribution >= 4 is 82.7 Å². The lowest BCUT2D eigenvalue weighted by molar-refractivity contribution is 0.0607. The van der Waals surface area contributed by atoms with Crippen molar-refractivity contribution in [2.24, 2.45) is 4.99 Å². The van der Waals surface area contributed by atoms with Crippen molar-refractivity contribution in [2.75, 3.05) is 65.8 Å². The summed E-state index contributed by atoms with van der Waals surface area (Å²) in [6.07, 6.45) is 6.62. The molecule has 12 nitrogen and oxygen atoms in total. The molecule has 5 heterocycles. The molecule has 5 aromatic rings. The second-order valence-electron chi connectivity index (χ2n) is 9.54. The number of methoxy groups -OCH3 is 1. The lowest BCUT2D eigenvalue weighted by Gasteiger charge is -2.14. The van der Waals surface area contributed by atoms with Gasteiger partial charge >= 0.3 is 5.97 Å². The first-order chi connectivity index (χ1) is 19.6. The van der Waals surface area contributed by atoms with Gasteiger partial charge in [0.1, 0.15) is 24.9 Å². The molecule has 41 heavy (non-hydrogen) atoms. The van der Waals surface area contributed by atoms with Gasteiger partial charge in [0.05, 0.1) is 60.6 Å². The third-order valence-electron chi connectivity index (χ3n) is 5.96. The summed E-state index contributed by atoms with van der Waals surface area (Å²) in [5.74, 6) is -0.395. The highest BCUT2D eigenvalue weighted by atomic mass is 32.1. The van der Waals surface area contributed by atoms with Gasteiger partial charge < -0.3 is 24.5 Å². The van der Waals surface area contributed by atoms with E-state index < -0.39 is 5.97 Å². The van der Waals surface area contributed by atoms with E-state index >= 15 is 0 Å². The second-order valence-corrected chi connectivity index (χ2v) is 11.5. The molecule has 0 aromatic carbocycles. The Hall–Kier alpha value is -4.14. The van der Waals surface area contributed by atoms with Crippen LogP contribution in [0.3, 0.4) is 0 Å². The molecule has 0 amide bonds. The Morgan fingerprint density at radius 1 is 1.00 bits per heavy atom. The van der Waals surface area contributed by atoms with Crippen LogP contribution in [0.1, 0.15) is 9.67 Å². The third-order valence-corrected chi connectivity index (χ3v) is 8.11. The van der Waals surface area contributed by atoms with Crippen molar-refractivity contribution in [1.82, 2.24) is 24.4 Å². The fourth-order valence-electron chi connectivity index (χ4n) is 4.10. The summed E-state index contributed by atoms with van der Waals surface area (Å²) in [5.41, 5.74) is 3.12. The van der Waals surface area contributed by atoms with E-state index in [0.717, 1.165) is 31.8 Å². The van der Waals surface area contributed by atoms with E-state index in [1.807, 2.05) is 69.1 Å². The maximum atomic E-state index is 12.4. The van der Waals surface area contributed by atoms with E-state index in [2.05, 4.69) is 19.9 Å². The van der Waals surface area contributed by atoms with E-state index in [0.29, 0.717) is 20.8 Å². The predicted octanol–water partition coefficient (Wildman–Crippen LogP) is 3.43. The number of rotatable bonds is 7. The number of thiophene rings is 2. The summed E-state index contributed by atoms with van der Waals surface area (Å²) < 4.78 is 6.86. The molecule has 0 saturated heterocycles. The summed E-state index contributed by atoms with van der Waals surface area (Å²) in [6, 6.07) is 3.82. The number of hydrogen-bond donors (Lipinski definition) is 1. The Labute approximate surface area is 244 Å². The van der Waals surface area contributed by atoms with Crippen LogP contribution in [-0.4, -0.2) is 97.8 Å². The molecule has 5 aromatic heterocycles. The van der Waals surface area contributed by atoms with Crippen molar-refractivity contribution in [2.45, 2.75) is 6.54 Å². The highest BCUT2D eigenvalue weighted by Crippen LogP contribution is 2.42. The number of pyridine rings is 2. The monoisotopic (exact) mass is 596 g/mol. The van der Waals surface area contributed by atoms with Gasteiger partial charge in [0, 0.05) is 54.7 Å². The van der Waals surface area contributed by atoms with Crippen LogP contribution < -0.4 is 15.4 Å². The minimum atomic E-state index is -0.395. The zero-order valence-electron chi connectivity index (χ0n) is 23.9. The SMILES string of the molecule is CN(C)c1ccnc2sc3c(=O)n(CCO)cnc3c12.COC(=O)c1sc2nccc(N(C)C)c2c1N=CN(C)C. The molecule has 0 aliphatic heterocycles. The number of carbonyl (C=O) groups excluding carboxylic acids is 1. The van der Waals surface area contributed by atoms with E-state index in [1.54, 1.807) is 18.7 Å². The second kappa shape index (κ2) is 12.6. The fourth-order valence-corrected chi connectivity index (χ4v) is 6.20. The van der Waals surface area contributed by atoms with Crippen LogP contribution in [0.25, 0.3) is 30.6 Å². The molecule has 5 rings (SSSR count). The molecule has 0 bridgehead atoms. The smallest absolute Gasteiger partial charge is 0.350 e. The Morgan fingerprint density at radius 3 is 2.17 bits per heavy atom. The van der Waals surface area contributed by atoms with Gasteiger partial charge in [-0.25, -0.2) is 24.7 Å². The first kappa shape index (κ1) is 29.8. The Kier molecular flexibility index (Phi) is 9.15. The average Bonchev–Trinajstić information content (AvgIpc) is 3.52. The molecule has 1 N–H and O–H groups in total. The van der Waals surface area contributed by atoms with Crippen molar-refractivity contribution in [3.63, 3.8) is 0 Å². The molecular formula is C27H32N8O4S2. The van der Waals surface area contributed by atoms with Crippen molar-refractivity contribution in [3.8, 4) is 0 Å². The number of aromatic nitrogens is 4. The summed E-state index contributed by atoms with van der Waals surface area (Å²) in [5, 5.41) is 10.7. The molecule has 14 heteroatoms. The number of esters is 1. The number of nitrogens with zero attached hydrogens (tertiary/aromatic N) is 8. The zero-order chi connectivity index (χ0) is 29.8. The number of carbonyl (C=O) groups is 1. The largest absolute Gasteiger partial charge is 0.465 e. The summed E-state index contributed by atoms with van der Waals surface area (Å²) in [6.45, 7) is 0.170. The molecule has 216 valence electrons. The molecular weight excluding hydrogens is 564 g/mol. The Balaban J connectivity index is 0.000000189. The average molecular weight is 597 g/mol. The molecule has 0 unspecified atom stereocenters. The molecule has 0 radical (unpaired) electrons. The van der Waals surface area contributed by atoms with Crippen molar-refractivity contribution < 1.29 is 14.6 Å². The minimum absolute atomic E-state index is 0.0841. The first-order valence-corrected chi connectivity index (χ1v) is 14.1. The van der Waals surface area contributed by atoms with Gasteiger partial charge in [-0.2, -0.15) is 0 Å². The van der Waals surface area contributed by atoms with E-state index in [1.165, 1.54) is 40.7 Å². The topological polar surface area (TPSA) is 129 Å². The first-order valence-electron chi connectivity index (χ1n) is 12.5. The number of fused-ring (bicyclic) bond motifs is 4. The van der Waals surface area contributed by atoms with Gasteiger partial charge in [-0.15, -0.1) is 22.7 Å². The van der Waals surface area contributed by atoms with Crippen LogP contribution in [0.5, 0.6) is 0 Å². The van der Waals surface area contributed by atoms with E-state index in [-0.39, 0.29) is 18.7 Å². The minimum Gasteiger partial charge on any atom is -0.465 e. The lowest BCUT2D eigenvalue weighted by Crippen LogP contribution is -2.21. The lowest BCUT2D eigenvalue weighted by atomic mass is 10.2. The number of aliphatic hydroxyl groups is 1. The van der Waals surface area contributed by atoms with Gasteiger partial charge in [0.2, 0.25) is 0 Å². The normalized spacial score (nSPS) is 11.2. The molecule has 0 aliphatic rings. The highest BCUT2D eigenvalue weighted by molar-refractivity contribution is 7.25. The zero-order valence-corrected chi connectivity index (χ0v) is 25.6. The predicted molar refractivity (Wildman–Crippen MR) is 168 cm³/mol. The van der Waals surface area contributed by atoms with Gasteiger partial charge in [-0.05, 0) is 12.1 Å². The number of aliphatic imine (C=N–C) groups is 1.